The summed E-state index contributed by atoms with van der Waals surface area (Å²) in [5, 5.41) is 12.1. The van der Waals surface area contributed by atoms with Crippen LogP contribution in [0.3, 0.4) is 0 Å². The van der Waals surface area contributed by atoms with Crippen LogP contribution in [-0.4, -0.2) is 24.8 Å². The standard InChI is InChI=1S/C28H25N3O4/c1-34-23-13-10-19(11-14-23)12-15-24-25(27(32)35-18-20-6-3-2-4-7-20)26(31-28(33)30-24)22-9-5-8-21(16-22)17-29/h2-11,13-14,16,25-26H,12,15,18H2,1H3,(H,31,33). The van der Waals surface area contributed by atoms with Crippen LogP contribution >= 0.6 is 0 Å². The third-order valence-corrected chi connectivity index (χ3v) is 5.90. The van der Waals surface area contributed by atoms with Gasteiger partial charge in [0.25, 0.3) is 0 Å². The topological polar surface area (TPSA) is 101 Å². The first-order chi connectivity index (χ1) is 17.1. The van der Waals surface area contributed by atoms with E-state index in [4.69, 9.17) is 9.47 Å². The van der Waals surface area contributed by atoms with Crippen molar-refractivity contribution in [2.24, 2.45) is 10.9 Å². The van der Waals surface area contributed by atoms with Gasteiger partial charge in [-0.3, -0.25) is 4.79 Å². The normalized spacial score (nSPS) is 17.0. The third-order valence-electron chi connectivity index (χ3n) is 5.90. The van der Waals surface area contributed by atoms with Crippen molar-refractivity contribution >= 4 is 17.7 Å². The Balaban J connectivity index is 1.61. The summed E-state index contributed by atoms with van der Waals surface area (Å²) in [4.78, 5) is 30.1. The lowest BCUT2D eigenvalue weighted by Crippen LogP contribution is -2.45. The minimum absolute atomic E-state index is 0.112. The molecule has 7 heteroatoms. The number of hydrogen-bond donors (Lipinski definition) is 1. The maximum atomic E-state index is 13.4. The summed E-state index contributed by atoms with van der Waals surface area (Å²) in [7, 11) is 1.61. The minimum Gasteiger partial charge on any atom is -0.497 e. The molecular formula is C28H25N3O4. The Morgan fingerprint density at radius 1 is 1.00 bits per heavy atom. The number of rotatable bonds is 8. The van der Waals surface area contributed by atoms with Gasteiger partial charge >= 0.3 is 12.0 Å². The molecule has 176 valence electrons. The number of carbonyl (C=O) groups excluding carboxylic acids is 2. The summed E-state index contributed by atoms with van der Waals surface area (Å²) in [6.45, 7) is 0.112. The van der Waals surface area contributed by atoms with Crippen LogP contribution in [-0.2, 0) is 22.6 Å². The van der Waals surface area contributed by atoms with E-state index >= 15 is 0 Å². The Hall–Kier alpha value is -4.44. The van der Waals surface area contributed by atoms with Crippen LogP contribution in [0, 0.1) is 17.2 Å². The fraction of sp³-hybridized carbons (Fsp3) is 0.214. The number of aliphatic imine (C=N–C) groups is 1. The molecule has 1 aliphatic heterocycles. The average molecular weight is 468 g/mol. The fourth-order valence-corrected chi connectivity index (χ4v) is 4.09. The second kappa shape index (κ2) is 11.1. The summed E-state index contributed by atoms with van der Waals surface area (Å²) in [6.07, 6.45) is 0.989. The van der Waals surface area contributed by atoms with Crippen molar-refractivity contribution in [1.29, 1.82) is 5.26 Å². The van der Waals surface area contributed by atoms with Crippen molar-refractivity contribution in [2.75, 3.05) is 7.11 Å². The highest BCUT2D eigenvalue weighted by Gasteiger charge is 2.39. The number of nitrogens with zero attached hydrogens (tertiary/aromatic N) is 2. The molecule has 2 atom stereocenters. The molecule has 0 saturated carbocycles. The molecule has 4 rings (SSSR count). The molecule has 0 aromatic heterocycles. The van der Waals surface area contributed by atoms with Gasteiger partial charge in [-0.2, -0.15) is 5.26 Å². The van der Waals surface area contributed by atoms with E-state index < -0.39 is 24.0 Å². The number of aryl methyl sites for hydroxylation is 1. The van der Waals surface area contributed by atoms with E-state index in [1.54, 1.807) is 31.4 Å². The van der Waals surface area contributed by atoms with Crippen molar-refractivity contribution in [3.05, 3.63) is 101 Å². The molecule has 0 bridgehead atoms. The fourth-order valence-electron chi connectivity index (χ4n) is 4.09. The first-order valence-electron chi connectivity index (χ1n) is 11.3. The molecule has 3 aromatic rings. The van der Waals surface area contributed by atoms with Gasteiger partial charge in [0.05, 0.1) is 24.8 Å². The van der Waals surface area contributed by atoms with Gasteiger partial charge in [0.1, 0.15) is 18.3 Å². The van der Waals surface area contributed by atoms with E-state index in [2.05, 4.69) is 16.4 Å². The molecule has 2 unspecified atom stereocenters. The molecular weight excluding hydrogens is 442 g/mol. The number of hydrogen-bond acceptors (Lipinski definition) is 5. The summed E-state index contributed by atoms with van der Waals surface area (Å²) in [5.41, 5.74) is 3.43. The average Bonchev–Trinajstić information content (AvgIpc) is 2.91. The Labute approximate surface area is 204 Å². The van der Waals surface area contributed by atoms with Gasteiger partial charge in [-0.25, -0.2) is 9.79 Å². The van der Waals surface area contributed by atoms with Crippen molar-refractivity contribution in [3.63, 3.8) is 0 Å². The largest absolute Gasteiger partial charge is 0.497 e. The van der Waals surface area contributed by atoms with E-state index in [1.807, 2.05) is 54.6 Å². The highest BCUT2D eigenvalue weighted by Crippen LogP contribution is 2.30. The zero-order valence-corrected chi connectivity index (χ0v) is 19.3. The maximum absolute atomic E-state index is 13.4. The first-order valence-corrected chi connectivity index (χ1v) is 11.3. The monoisotopic (exact) mass is 467 g/mol. The molecule has 1 heterocycles. The summed E-state index contributed by atoms with van der Waals surface area (Å²) < 4.78 is 10.9. The molecule has 0 fully saturated rings. The van der Waals surface area contributed by atoms with Crippen LogP contribution in [0.4, 0.5) is 4.79 Å². The SMILES string of the molecule is COc1ccc(CCC2=NC(=O)NC(c3cccc(C#N)c3)C2C(=O)OCc2ccccc2)cc1. The van der Waals surface area contributed by atoms with Crippen LogP contribution < -0.4 is 10.1 Å². The minimum atomic E-state index is -0.816. The molecule has 7 nitrogen and oxygen atoms in total. The van der Waals surface area contributed by atoms with Gasteiger partial charge < -0.3 is 14.8 Å². The number of benzene rings is 3. The third kappa shape index (κ3) is 5.92. The zero-order chi connectivity index (χ0) is 24.6. The van der Waals surface area contributed by atoms with Gasteiger partial charge in [0.15, 0.2) is 0 Å². The van der Waals surface area contributed by atoms with Gasteiger partial charge in [-0.15, -0.1) is 0 Å². The van der Waals surface area contributed by atoms with Gasteiger partial charge in [0.2, 0.25) is 0 Å². The van der Waals surface area contributed by atoms with E-state index in [0.717, 1.165) is 16.9 Å². The summed E-state index contributed by atoms with van der Waals surface area (Å²) in [5.74, 6) is -0.541. The molecule has 0 aliphatic carbocycles. The molecule has 1 N–H and O–H groups in total. The van der Waals surface area contributed by atoms with Crippen molar-refractivity contribution in [1.82, 2.24) is 5.32 Å². The van der Waals surface area contributed by atoms with Crippen molar-refractivity contribution < 1.29 is 19.1 Å². The number of ether oxygens (including phenoxy) is 2. The van der Waals surface area contributed by atoms with E-state index in [-0.39, 0.29) is 6.61 Å². The second-order valence-electron chi connectivity index (χ2n) is 8.19. The number of methoxy groups -OCH3 is 1. The van der Waals surface area contributed by atoms with E-state index in [1.165, 1.54) is 0 Å². The lowest BCUT2D eigenvalue weighted by atomic mass is 9.85. The summed E-state index contributed by atoms with van der Waals surface area (Å²) >= 11 is 0. The molecule has 3 aromatic carbocycles. The number of esters is 1. The Kier molecular flexibility index (Phi) is 7.53. The van der Waals surface area contributed by atoms with Gasteiger partial charge in [0, 0.05) is 5.71 Å². The van der Waals surface area contributed by atoms with E-state index in [0.29, 0.717) is 29.7 Å². The smallest absolute Gasteiger partial charge is 0.341 e. The number of nitrogens with one attached hydrogen (secondary N) is 1. The molecule has 0 spiro atoms. The van der Waals surface area contributed by atoms with Gasteiger partial charge in [-0.05, 0) is 53.8 Å². The molecule has 1 aliphatic rings. The lowest BCUT2D eigenvalue weighted by molar-refractivity contribution is -0.148. The quantitative estimate of drug-likeness (QED) is 0.481. The van der Waals surface area contributed by atoms with Crippen molar-refractivity contribution in [3.8, 4) is 11.8 Å². The molecule has 35 heavy (non-hydrogen) atoms. The second-order valence-corrected chi connectivity index (χ2v) is 8.19. The highest BCUT2D eigenvalue weighted by atomic mass is 16.5. The van der Waals surface area contributed by atoms with Crippen LogP contribution in [0.25, 0.3) is 0 Å². The lowest BCUT2D eigenvalue weighted by Gasteiger charge is -2.31. The van der Waals surface area contributed by atoms with E-state index in [9.17, 15) is 14.9 Å². The summed E-state index contributed by atoms with van der Waals surface area (Å²) in [6, 6.07) is 24.8. The molecule has 2 amide bonds. The molecule has 0 saturated heterocycles. The number of nitriles is 1. The van der Waals surface area contributed by atoms with Crippen LogP contribution in [0.5, 0.6) is 5.75 Å². The van der Waals surface area contributed by atoms with Crippen LogP contribution in [0.2, 0.25) is 0 Å². The predicted molar refractivity (Wildman–Crippen MR) is 131 cm³/mol. The number of carbonyl (C=O) groups is 2. The Bertz CT molecular complexity index is 1260. The number of amides is 2. The van der Waals surface area contributed by atoms with Crippen LogP contribution in [0.15, 0.2) is 83.9 Å². The van der Waals surface area contributed by atoms with Crippen LogP contribution in [0.1, 0.15) is 34.7 Å². The predicted octanol–water partition coefficient (Wildman–Crippen LogP) is 4.76. The van der Waals surface area contributed by atoms with Gasteiger partial charge in [-0.1, -0.05) is 54.6 Å². The Morgan fingerprint density at radius 3 is 2.49 bits per heavy atom. The van der Waals surface area contributed by atoms with Crippen molar-refractivity contribution in [2.45, 2.75) is 25.5 Å². The first kappa shape index (κ1) is 23.7. The number of urea groups is 1. The zero-order valence-electron chi connectivity index (χ0n) is 19.3. The maximum Gasteiger partial charge on any atom is 0.341 e. The highest BCUT2D eigenvalue weighted by molar-refractivity contribution is 6.09. The molecule has 0 radical (unpaired) electrons. The Morgan fingerprint density at radius 2 is 1.77 bits per heavy atom.